The van der Waals surface area contributed by atoms with Crippen molar-refractivity contribution in [2.24, 2.45) is 5.92 Å². The molecule has 0 amide bonds. The average molecular weight is 197 g/mol. The zero-order valence-electron chi connectivity index (χ0n) is 7.16. The van der Waals surface area contributed by atoms with Crippen LogP contribution >= 0.6 is 11.6 Å². The minimum Gasteiger partial charge on any atom is -0.456 e. The Morgan fingerprint density at radius 1 is 1.38 bits per heavy atom. The molecule has 0 radical (unpaired) electrons. The maximum atomic E-state index is 10.9. The van der Waals surface area contributed by atoms with Crippen molar-refractivity contribution >= 4 is 17.6 Å². The quantitative estimate of drug-likeness (QED) is 0.646. The highest BCUT2D eigenvalue weighted by atomic mass is 35.5. The molecule has 1 aliphatic rings. The van der Waals surface area contributed by atoms with E-state index < -0.39 is 0 Å². The number of carbonyl (C=O) groups is 1. The summed E-state index contributed by atoms with van der Waals surface area (Å²) in [6, 6.07) is 7.43. The molecule has 2 atom stereocenters. The van der Waals surface area contributed by atoms with Crippen LogP contribution in [0.15, 0.2) is 24.3 Å². The highest BCUT2D eigenvalue weighted by molar-refractivity contribution is 6.31. The fourth-order valence-electron chi connectivity index (χ4n) is 1.42. The van der Waals surface area contributed by atoms with Gasteiger partial charge in [-0.2, -0.15) is 0 Å². The molecule has 13 heavy (non-hydrogen) atoms. The summed E-state index contributed by atoms with van der Waals surface area (Å²) in [5.74, 6) is -0.218. The second-order valence-corrected chi connectivity index (χ2v) is 3.57. The van der Waals surface area contributed by atoms with Gasteiger partial charge >= 0.3 is 5.97 Å². The Kier molecular flexibility index (Phi) is 2.00. The van der Waals surface area contributed by atoms with Crippen LogP contribution in [-0.2, 0) is 9.53 Å². The van der Waals surface area contributed by atoms with E-state index in [-0.39, 0.29) is 18.0 Å². The van der Waals surface area contributed by atoms with Gasteiger partial charge in [0.2, 0.25) is 0 Å². The second-order valence-electron chi connectivity index (χ2n) is 3.17. The summed E-state index contributed by atoms with van der Waals surface area (Å²) in [6.45, 7) is 1.85. The molecule has 0 saturated carbocycles. The lowest BCUT2D eigenvalue weighted by Crippen LogP contribution is -2.36. The molecule has 1 aliphatic heterocycles. The fraction of sp³-hybridized carbons (Fsp3) is 0.300. The van der Waals surface area contributed by atoms with Crippen LogP contribution in [0.4, 0.5) is 0 Å². The Labute approximate surface area is 81.5 Å². The van der Waals surface area contributed by atoms with E-state index >= 15 is 0 Å². The molecule has 0 bridgehead atoms. The predicted octanol–water partition coefficient (Wildman–Crippen LogP) is 2.57. The molecule has 1 fully saturated rings. The van der Waals surface area contributed by atoms with Crippen molar-refractivity contribution in [1.82, 2.24) is 0 Å². The third-order valence-corrected chi connectivity index (χ3v) is 2.62. The van der Waals surface area contributed by atoms with Crippen molar-refractivity contribution in [3.63, 3.8) is 0 Å². The lowest BCUT2D eigenvalue weighted by molar-refractivity contribution is -0.183. The molecule has 0 aromatic heterocycles. The van der Waals surface area contributed by atoms with Crippen molar-refractivity contribution < 1.29 is 9.53 Å². The van der Waals surface area contributed by atoms with Crippen molar-refractivity contribution in [2.45, 2.75) is 13.0 Å². The number of hydrogen-bond donors (Lipinski definition) is 0. The third-order valence-electron chi connectivity index (χ3n) is 2.28. The van der Waals surface area contributed by atoms with E-state index in [0.29, 0.717) is 5.02 Å². The normalized spacial score (nSPS) is 26.5. The zero-order valence-corrected chi connectivity index (χ0v) is 7.91. The van der Waals surface area contributed by atoms with Crippen LogP contribution in [0.25, 0.3) is 0 Å². The van der Waals surface area contributed by atoms with E-state index in [4.69, 9.17) is 16.3 Å². The molecule has 68 valence electrons. The van der Waals surface area contributed by atoms with Gasteiger partial charge in [0.15, 0.2) is 0 Å². The molecule has 0 unspecified atom stereocenters. The monoisotopic (exact) mass is 196 g/mol. The summed E-state index contributed by atoms with van der Waals surface area (Å²) in [5.41, 5.74) is 0.899. The highest BCUT2D eigenvalue weighted by Gasteiger charge is 2.40. The van der Waals surface area contributed by atoms with E-state index in [2.05, 4.69) is 0 Å². The van der Waals surface area contributed by atoms with Crippen LogP contribution in [0.5, 0.6) is 0 Å². The van der Waals surface area contributed by atoms with Crippen LogP contribution in [0, 0.1) is 5.92 Å². The number of ether oxygens (including phenoxy) is 1. The molecule has 3 heteroatoms. The number of esters is 1. The summed E-state index contributed by atoms with van der Waals surface area (Å²) < 4.78 is 4.99. The lowest BCUT2D eigenvalue weighted by Gasteiger charge is -2.33. The summed E-state index contributed by atoms with van der Waals surface area (Å²) in [7, 11) is 0. The number of cyclic esters (lactones) is 1. The van der Waals surface area contributed by atoms with E-state index in [0.717, 1.165) is 5.56 Å². The van der Waals surface area contributed by atoms with Gasteiger partial charge in [-0.05, 0) is 13.0 Å². The van der Waals surface area contributed by atoms with Gasteiger partial charge in [-0.3, -0.25) is 4.79 Å². The number of hydrogen-bond acceptors (Lipinski definition) is 2. The maximum absolute atomic E-state index is 10.9. The highest BCUT2D eigenvalue weighted by Crippen LogP contribution is 2.39. The topological polar surface area (TPSA) is 26.3 Å². The van der Waals surface area contributed by atoms with Gasteiger partial charge in [-0.25, -0.2) is 0 Å². The Morgan fingerprint density at radius 3 is 2.62 bits per heavy atom. The van der Waals surface area contributed by atoms with Crippen LogP contribution in [-0.4, -0.2) is 5.97 Å². The van der Waals surface area contributed by atoms with E-state index in [9.17, 15) is 4.79 Å². The molecular weight excluding hydrogens is 188 g/mol. The van der Waals surface area contributed by atoms with Crippen LogP contribution in [0.3, 0.4) is 0 Å². The minimum atomic E-state index is -0.152. The molecule has 0 spiro atoms. The Balaban J connectivity index is 2.27. The van der Waals surface area contributed by atoms with E-state index in [1.165, 1.54) is 0 Å². The number of rotatable bonds is 1. The van der Waals surface area contributed by atoms with Gasteiger partial charge < -0.3 is 4.74 Å². The standard InChI is InChI=1S/C10H9ClO2/c1-6-9(13-10(6)12)7-4-2-3-5-8(7)11/h2-6,9H,1H3/t6-,9-/m1/s1. The summed E-state index contributed by atoms with van der Waals surface area (Å²) in [6.07, 6.45) is -0.152. The lowest BCUT2D eigenvalue weighted by atomic mass is 9.92. The number of benzene rings is 1. The van der Waals surface area contributed by atoms with Gasteiger partial charge in [-0.1, -0.05) is 29.8 Å². The van der Waals surface area contributed by atoms with Crippen LogP contribution in [0.2, 0.25) is 5.02 Å². The summed E-state index contributed by atoms with van der Waals surface area (Å²) in [4.78, 5) is 10.9. The van der Waals surface area contributed by atoms with Gasteiger partial charge in [-0.15, -0.1) is 0 Å². The molecule has 0 N–H and O–H groups in total. The first kappa shape index (κ1) is 8.57. The Morgan fingerprint density at radius 2 is 2.08 bits per heavy atom. The molecule has 2 nitrogen and oxygen atoms in total. The first-order valence-corrected chi connectivity index (χ1v) is 4.53. The van der Waals surface area contributed by atoms with Crippen molar-refractivity contribution in [3.05, 3.63) is 34.9 Å². The van der Waals surface area contributed by atoms with Gasteiger partial charge in [0.1, 0.15) is 6.10 Å². The van der Waals surface area contributed by atoms with Crippen LogP contribution in [0.1, 0.15) is 18.6 Å². The predicted molar refractivity (Wildman–Crippen MR) is 49.4 cm³/mol. The SMILES string of the molecule is C[C@H]1C(=O)O[C@H]1c1ccccc1Cl. The largest absolute Gasteiger partial charge is 0.456 e. The molecule has 1 saturated heterocycles. The zero-order chi connectivity index (χ0) is 9.42. The molecule has 2 rings (SSSR count). The number of halogens is 1. The van der Waals surface area contributed by atoms with Crippen molar-refractivity contribution in [1.29, 1.82) is 0 Å². The molecule has 1 aromatic rings. The third kappa shape index (κ3) is 1.31. The maximum Gasteiger partial charge on any atom is 0.313 e. The summed E-state index contributed by atoms with van der Waals surface area (Å²) in [5, 5.41) is 0.659. The van der Waals surface area contributed by atoms with E-state index in [1.54, 1.807) is 6.07 Å². The molecule has 0 aliphatic carbocycles. The second kappa shape index (κ2) is 3.04. The van der Waals surface area contributed by atoms with Crippen LogP contribution < -0.4 is 0 Å². The number of carbonyl (C=O) groups excluding carboxylic acids is 1. The van der Waals surface area contributed by atoms with Crippen molar-refractivity contribution in [3.8, 4) is 0 Å². The molecular formula is C10H9ClO2. The average Bonchev–Trinajstić information content (AvgIpc) is 2.15. The molecule has 1 aromatic carbocycles. The Bertz CT molecular complexity index is 349. The van der Waals surface area contributed by atoms with E-state index in [1.807, 2.05) is 25.1 Å². The smallest absolute Gasteiger partial charge is 0.313 e. The van der Waals surface area contributed by atoms with Gasteiger partial charge in [0.05, 0.1) is 5.92 Å². The fourth-order valence-corrected chi connectivity index (χ4v) is 1.67. The summed E-state index contributed by atoms with van der Waals surface area (Å²) >= 11 is 5.95. The van der Waals surface area contributed by atoms with Gasteiger partial charge in [0, 0.05) is 10.6 Å². The Hall–Kier alpha value is -1.02. The minimum absolute atomic E-state index is 0.0695. The van der Waals surface area contributed by atoms with Gasteiger partial charge in [0.25, 0.3) is 0 Å². The molecule has 1 heterocycles. The first-order chi connectivity index (χ1) is 6.20. The first-order valence-electron chi connectivity index (χ1n) is 4.15. The van der Waals surface area contributed by atoms with Crippen molar-refractivity contribution in [2.75, 3.05) is 0 Å².